The second-order valence-corrected chi connectivity index (χ2v) is 3.64. The predicted octanol–water partition coefficient (Wildman–Crippen LogP) is 2.51. The first kappa shape index (κ1) is 11.3. The van der Waals surface area contributed by atoms with Crippen LogP contribution in [0.2, 0.25) is 0 Å². The van der Waals surface area contributed by atoms with Crippen LogP contribution in [0.15, 0.2) is 42.7 Å². The minimum atomic E-state index is -1.05. The molecule has 0 radical (unpaired) electrons. The van der Waals surface area contributed by atoms with Crippen molar-refractivity contribution >= 4 is 5.97 Å². The third kappa shape index (κ3) is 2.66. The van der Waals surface area contributed by atoms with E-state index in [0.717, 1.165) is 5.56 Å². The van der Waals surface area contributed by atoms with Crippen LogP contribution in [0, 0.1) is 5.82 Å². The summed E-state index contributed by atoms with van der Waals surface area (Å²) in [5, 5.41) is 8.83. The minimum absolute atomic E-state index is 0.0930. The average Bonchev–Trinajstić information content (AvgIpc) is 2.33. The second-order valence-electron chi connectivity index (χ2n) is 3.64. The van der Waals surface area contributed by atoms with Crippen LogP contribution in [0.1, 0.15) is 21.5 Å². The van der Waals surface area contributed by atoms with Crippen molar-refractivity contribution < 1.29 is 14.3 Å². The van der Waals surface area contributed by atoms with Crippen molar-refractivity contribution in [1.82, 2.24) is 4.98 Å². The van der Waals surface area contributed by atoms with E-state index in [1.807, 2.05) is 0 Å². The van der Waals surface area contributed by atoms with Crippen LogP contribution in [0.5, 0.6) is 0 Å². The molecule has 86 valence electrons. The summed E-state index contributed by atoms with van der Waals surface area (Å²) in [5.74, 6) is -1.45. The molecule has 0 unspecified atom stereocenters. The number of carboxylic acids is 1. The van der Waals surface area contributed by atoms with Crippen molar-refractivity contribution in [3.8, 4) is 0 Å². The SMILES string of the molecule is O=C(O)c1ccc(F)c(Cc2ccncc2)c1. The Hall–Kier alpha value is -2.23. The van der Waals surface area contributed by atoms with Gasteiger partial charge in [-0.2, -0.15) is 0 Å². The summed E-state index contributed by atoms with van der Waals surface area (Å²) >= 11 is 0. The van der Waals surface area contributed by atoms with Crippen LogP contribution in [0.25, 0.3) is 0 Å². The Morgan fingerprint density at radius 2 is 1.94 bits per heavy atom. The molecule has 0 atom stereocenters. The highest BCUT2D eigenvalue weighted by Gasteiger charge is 2.08. The van der Waals surface area contributed by atoms with Gasteiger partial charge in [0.2, 0.25) is 0 Å². The fraction of sp³-hybridized carbons (Fsp3) is 0.0769. The maximum atomic E-state index is 13.5. The molecule has 2 rings (SSSR count). The van der Waals surface area contributed by atoms with Crippen molar-refractivity contribution in [3.63, 3.8) is 0 Å². The highest BCUT2D eigenvalue weighted by Crippen LogP contribution is 2.15. The van der Waals surface area contributed by atoms with Crippen molar-refractivity contribution in [1.29, 1.82) is 0 Å². The molecule has 0 aliphatic carbocycles. The van der Waals surface area contributed by atoms with Gasteiger partial charge in [0.25, 0.3) is 0 Å². The molecule has 0 aliphatic rings. The highest BCUT2D eigenvalue weighted by molar-refractivity contribution is 5.87. The third-order valence-electron chi connectivity index (χ3n) is 2.44. The molecule has 0 spiro atoms. The topological polar surface area (TPSA) is 50.2 Å². The molecule has 0 bridgehead atoms. The lowest BCUT2D eigenvalue weighted by atomic mass is 10.0. The molecule has 0 saturated carbocycles. The molecule has 0 fully saturated rings. The Bertz CT molecular complexity index is 540. The Morgan fingerprint density at radius 3 is 2.59 bits per heavy atom. The summed E-state index contributed by atoms with van der Waals surface area (Å²) in [7, 11) is 0. The predicted molar refractivity (Wildman–Crippen MR) is 60.4 cm³/mol. The number of hydrogen-bond acceptors (Lipinski definition) is 2. The zero-order valence-corrected chi connectivity index (χ0v) is 8.93. The largest absolute Gasteiger partial charge is 0.478 e. The molecule has 0 amide bonds. The number of pyridine rings is 1. The lowest BCUT2D eigenvalue weighted by molar-refractivity contribution is 0.0696. The van der Waals surface area contributed by atoms with Gasteiger partial charge in [0.15, 0.2) is 0 Å². The maximum Gasteiger partial charge on any atom is 0.335 e. The number of carbonyl (C=O) groups is 1. The Balaban J connectivity index is 2.32. The molecule has 4 heteroatoms. The van der Waals surface area contributed by atoms with Crippen LogP contribution in [0.3, 0.4) is 0 Å². The number of halogens is 1. The number of aromatic nitrogens is 1. The summed E-state index contributed by atoms with van der Waals surface area (Å²) in [6.07, 6.45) is 3.60. The first-order valence-corrected chi connectivity index (χ1v) is 5.07. The molecule has 17 heavy (non-hydrogen) atoms. The Labute approximate surface area is 97.6 Å². The zero-order valence-electron chi connectivity index (χ0n) is 8.93. The van der Waals surface area contributed by atoms with Crippen molar-refractivity contribution in [3.05, 3.63) is 65.2 Å². The van der Waals surface area contributed by atoms with Gasteiger partial charge in [-0.25, -0.2) is 9.18 Å². The molecule has 1 aromatic heterocycles. The number of benzene rings is 1. The molecule has 0 aliphatic heterocycles. The fourth-order valence-electron chi connectivity index (χ4n) is 1.56. The first-order chi connectivity index (χ1) is 8.16. The maximum absolute atomic E-state index is 13.5. The van der Waals surface area contributed by atoms with Gasteiger partial charge < -0.3 is 5.11 Å². The molecular formula is C13H10FNO2. The third-order valence-corrected chi connectivity index (χ3v) is 2.44. The van der Waals surface area contributed by atoms with E-state index >= 15 is 0 Å². The highest BCUT2D eigenvalue weighted by atomic mass is 19.1. The molecule has 3 nitrogen and oxygen atoms in total. The lowest BCUT2D eigenvalue weighted by Gasteiger charge is -2.04. The van der Waals surface area contributed by atoms with Crippen LogP contribution in [-0.4, -0.2) is 16.1 Å². The van der Waals surface area contributed by atoms with E-state index in [2.05, 4.69) is 4.98 Å². The van der Waals surface area contributed by atoms with E-state index in [-0.39, 0.29) is 5.56 Å². The van der Waals surface area contributed by atoms with E-state index in [4.69, 9.17) is 5.11 Å². The molecule has 2 aromatic rings. The Kier molecular flexibility index (Phi) is 3.14. The van der Waals surface area contributed by atoms with Gasteiger partial charge >= 0.3 is 5.97 Å². The monoisotopic (exact) mass is 231 g/mol. The van der Waals surface area contributed by atoms with E-state index in [1.54, 1.807) is 24.5 Å². The summed E-state index contributed by atoms with van der Waals surface area (Å²) in [6.45, 7) is 0. The van der Waals surface area contributed by atoms with Gasteiger partial charge in [0.05, 0.1) is 5.56 Å². The normalized spacial score (nSPS) is 10.2. The number of carboxylic acid groups (broad SMARTS) is 1. The quantitative estimate of drug-likeness (QED) is 0.882. The van der Waals surface area contributed by atoms with Gasteiger partial charge in [-0.15, -0.1) is 0 Å². The first-order valence-electron chi connectivity index (χ1n) is 5.07. The average molecular weight is 231 g/mol. The molecule has 1 N–H and O–H groups in total. The van der Waals surface area contributed by atoms with Crippen molar-refractivity contribution in [2.24, 2.45) is 0 Å². The molecular weight excluding hydrogens is 221 g/mol. The van der Waals surface area contributed by atoms with E-state index in [0.29, 0.717) is 12.0 Å². The van der Waals surface area contributed by atoms with Crippen LogP contribution in [0.4, 0.5) is 4.39 Å². The van der Waals surface area contributed by atoms with Gasteiger partial charge in [-0.3, -0.25) is 4.98 Å². The minimum Gasteiger partial charge on any atom is -0.478 e. The smallest absolute Gasteiger partial charge is 0.335 e. The zero-order chi connectivity index (χ0) is 12.3. The number of hydrogen-bond donors (Lipinski definition) is 1. The van der Waals surface area contributed by atoms with Crippen LogP contribution < -0.4 is 0 Å². The van der Waals surface area contributed by atoms with E-state index < -0.39 is 11.8 Å². The summed E-state index contributed by atoms with van der Waals surface area (Å²) in [6, 6.07) is 7.34. The van der Waals surface area contributed by atoms with E-state index in [9.17, 15) is 9.18 Å². The standard InChI is InChI=1S/C13H10FNO2/c14-12-2-1-10(13(16)17)8-11(12)7-9-3-5-15-6-4-9/h1-6,8H,7H2,(H,16,17). The number of aromatic carboxylic acids is 1. The number of nitrogens with zero attached hydrogens (tertiary/aromatic N) is 1. The van der Waals surface area contributed by atoms with Gasteiger partial charge in [0.1, 0.15) is 5.82 Å². The van der Waals surface area contributed by atoms with E-state index in [1.165, 1.54) is 18.2 Å². The van der Waals surface area contributed by atoms with Crippen LogP contribution >= 0.6 is 0 Å². The second kappa shape index (κ2) is 4.74. The lowest BCUT2D eigenvalue weighted by Crippen LogP contribution is -2.00. The summed E-state index contributed by atoms with van der Waals surface area (Å²) in [4.78, 5) is 14.7. The molecule has 1 aromatic carbocycles. The van der Waals surface area contributed by atoms with Crippen LogP contribution in [-0.2, 0) is 6.42 Å². The van der Waals surface area contributed by atoms with Gasteiger partial charge in [-0.05, 0) is 41.5 Å². The summed E-state index contributed by atoms with van der Waals surface area (Å²) < 4.78 is 13.5. The molecule has 1 heterocycles. The van der Waals surface area contributed by atoms with Gasteiger partial charge in [0, 0.05) is 18.8 Å². The molecule has 0 saturated heterocycles. The van der Waals surface area contributed by atoms with Gasteiger partial charge in [-0.1, -0.05) is 0 Å². The fourth-order valence-corrected chi connectivity index (χ4v) is 1.56. The number of rotatable bonds is 3. The summed E-state index contributed by atoms with van der Waals surface area (Å²) in [5.41, 5.74) is 1.35. The van der Waals surface area contributed by atoms with Crippen molar-refractivity contribution in [2.45, 2.75) is 6.42 Å². The Morgan fingerprint density at radius 1 is 1.24 bits per heavy atom. The van der Waals surface area contributed by atoms with Crippen molar-refractivity contribution in [2.75, 3.05) is 0 Å².